The van der Waals surface area contributed by atoms with E-state index in [2.05, 4.69) is 214 Å². The zero-order chi connectivity index (χ0) is 37.2. The molecule has 0 fully saturated rings. The molecule has 0 unspecified atom stereocenters. The average Bonchev–Trinajstić information content (AvgIpc) is 4.00. The number of benzene rings is 9. The topological polar surface area (TPSA) is 14.3 Å². The lowest BCUT2D eigenvalue weighted by Crippen LogP contribution is -1.94. The predicted molar refractivity (Wildman–Crippen MR) is 241 cm³/mol. The van der Waals surface area contributed by atoms with Crippen LogP contribution in [0.1, 0.15) is 0 Å². The summed E-state index contributed by atoms with van der Waals surface area (Å²) < 4.78 is 7.32. The van der Waals surface area contributed by atoms with Crippen molar-refractivity contribution in [2.75, 3.05) is 0 Å². The van der Waals surface area contributed by atoms with Gasteiger partial charge < -0.3 is 13.5 Å². The summed E-state index contributed by atoms with van der Waals surface area (Å²) in [7, 11) is 0. The van der Waals surface area contributed by atoms with Gasteiger partial charge in [-0.3, -0.25) is 0 Å². The molecular weight excluding hydrogens is 691 g/mol. The third kappa shape index (κ3) is 4.26. The van der Waals surface area contributed by atoms with Gasteiger partial charge in [-0.2, -0.15) is 0 Å². The second-order valence-corrected chi connectivity index (χ2v) is 15.3. The molecule has 0 N–H and O–H groups in total. The fourth-order valence-electron chi connectivity index (χ4n) is 9.86. The number of rotatable bonds is 4. The SMILES string of the molecule is c1ccc(-c2ccc(-n3c4ccccc4c4cc(-c5ccc6c(c5)c5ccccc5n6-c5cc6c7ccccc7n7c8ccccc8c(c5)c67)ccc43)cc2)cc1. The van der Waals surface area contributed by atoms with Crippen LogP contribution in [0.4, 0.5) is 0 Å². The van der Waals surface area contributed by atoms with Crippen LogP contribution in [0.2, 0.25) is 0 Å². The normalized spacial score (nSPS) is 12.2. The lowest BCUT2D eigenvalue weighted by molar-refractivity contribution is 1.18. The Kier molecular flexibility index (Phi) is 6.16. The van der Waals surface area contributed by atoms with Gasteiger partial charge in [0.2, 0.25) is 0 Å². The molecule has 0 aliphatic heterocycles. The minimum absolute atomic E-state index is 1.16. The van der Waals surface area contributed by atoms with Crippen molar-refractivity contribution < 1.29 is 0 Å². The fraction of sp³-hybridized carbons (Fsp3) is 0. The van der Waals surface area contributed by atoms with Crippen LogP contribution >= 0.6 is 0 Å². The minimum atomic E-state index is 1.16. The second-order valence-electron chi connectivity index (χ2n) is 15.3. The van der Waals surface area contributed by atoms with E-state index in [0.29, 0.717) is 0 Å². The van der Waals surface area contributed by atoms with E-state index >= 15 is 0 Å². The Hall–Kier alpha value is -7.62. The average molecular weight is 724 g/mol. The van der Waals surface area contributed by atoms with Gasteiger partial charge in [0, 0.05) is 54.5 Å². The third-order valence-electron chi connectivity index (χ3n) is 12.4. The molecule has 3 heteroatoms. The molecule has 0 aliphatic carbocycles. The minimum Gasteiger partial charge on any atom is -0.309 e. The van der Waals surface area contributed by atoms with Gasteiger partial charge in [-0.25, -0.2) is 0 Å². The van der Waals surface area contributed by atoms with E-state index in [1.807, 2.05) is 0 Å². The van der Waals surface area contributed by atoms with E-state index in [1.54, 1.807) is 0 Å². The van der Waals surface area contributed by atoms with Gasteiger partial charge in [-0.15, -0.1) is 0 Å². The molecule has 0 saturated carbocycles. The Labute approximate surface area is 327 Å². The molecule has 13 aromatic rings. The molecule has 264 valence electrons. The molecule has 57 heavy (non-hydrogen) atoms. The van der Waals surface area contributed by atoms with E-state index in [9.17, 15) is 0 Å². The molecule has 0 spiro atoms. The molecule has 0 atom stereocenters. The van der Waals surface area contributed by atoms with Crippen molar-refractivity contribution >= 4 is 81.7 Å². The summed E-state index contributed by atoms with van der Waals surface area (Å²) in [5.41, 5.74) is 15.8. The van der Waals surface area contributed by atoms with Crippen molar-refractivity contribution in [1.82, 2.24) is 13.5 Å². The molecule has 0 saturated heterocycles. The number of aromatic nitrogens is 3. The molecule has 0 amide bonds. The monoisotopic (exact) mass is 723 g/mol. The summed E-state index contributed by atoms with van der Waals surface area (Å²) in [6, 6.07) is 73.7. The van der Waals surface area contributed by atoms with E-state index in [1.165, 1.54) is 110 Å². The maximum atomic E-state index is 2.47. The van der Waals surface area contributed by atoms with E-state index in [4.69, 9.17) is 0 Å². The maximum Gasteiger partial charge on any atom is 0.0622 e. The Morgan fingerprint density at radius 3 is 1.14 bits per heavy atom. The van der Waals surface area contributed by atoms with Gasteiger partial charge in [-0.05, 0) is 95.1 Å². The van der Waals surface area contributed by atoms with E-state index in [-0.39, 0.29) is 0 Å². The molecule has 0 aliphatic rings. The van der Waals surface area contributed by atoms with Crippen molar-refractivity contribution in [3.63, 3.8) is 0 Å². The van der Waals surface area contributed by atoms with Crippen molar-refractivity contribution in [1.29, 1.82) is 0 Å². The Balaban J connectivity index is 0.988. The first kappa shape index (κ1) is 30.7. The van der Waals surface area contributed by atoms with Gasteiger partial charge in [0.25, 0.3) is 0 Å². The van der Waals surface area contributed by atoms with Gasteiger partial charge in [-0.1, -0.05) is 127 Å². The Morgan fingerprint density at radius 1 is 0.228 bits per heavy atom. The highest BCUT2D eigenvalue weighted by atomic mass is 15.0. The summed E-state index contributed by atoms with van der Waals surface area (Å²) in [4.78, 5) is 0. The van der Waals surface area contributed by atoms with Crippen molar-refractivity contribution in [3.05, 3.63) is 200 Å². The van der Waals surface area contributed by atoms with Crippen LogP contribution in [-0.2, 0) is 0 Å². The zero-order valence-electron chi connectivity index (χ0n) is 30.9. The molecule has 0 bridgehead atoms. The quantitative estimate of drug-likeness (QED) is 0.172. The highest BCUT2D eigenvalue weighted by Crippen LogP contribution is 2.43. The lowest BCUT2D eigenvalue weighted by Gasteiger charge is -2.11. The van der Waals surface area contributed by atoms with Crippen LogP contribution in [0.5, 0.6) is 0 Å². The molecule has 9 aromatic carbocycles. The standard InChI is InChI=1S/C54H33N3/c1-2-12-34(13-3-1)35-22-26-38(27-23-35)55-48-18-8-4-14-40(48)44-30-36(24-28-52(44)55)37-25-29-53-45(31-37)41-15-5-9-19-49(41)56(53)39-32-46-42-16-6-10-20-50(42)57-51-21-11-7-17-43(51)47(33-39)54(46)57/h1-33H. The van der Waals surface area contributed by atoms with Crippen molar-refractivity contribution in [2.24, 2.45) is 0 Å². The van der Waals surface area contributed by atoms with Crippen LogP contribution in [0.15, 0.2) is 200 Å². The highest BCUT2D eigenvalue weighted by molar-refractivity contribution is 6.24. The van der Waals surface area contributed by atoms with Gasteiger partial charge in [0.05, 0.1) is 38.6 Å². The van der Waals surface area contributed by atoms with Crippen molar-refractivity contribution in [2.45, 2.75) is 0 Å². The first-order valence-corrected chi connectivity index (χ1v) is 19.7. The number of hydrogen-bond acceptors (Lipinski definition) is 0. The zero-order valence-corrected chi connectivity index (χ0v) is 30.9. The van der Waals surface area contributed by atoms with Crippen LogP contribution in [0, 0.1) is 0 Å². The summed E-state index contributed by atoms with van der Waals surface area (Å²) in [5.74, 6) is 0. The molecule has 4 aromatic heterocycles. The van der Waals surface area contributed by atoms with Gasteiger partial charge in [0.15, 0.2) is 0 Å². The number of nitrogens with zero attached hydrogens (tertiary/aromatic N) is 3. The smallest absolute Gasteiger partial charge is 0.0622 e. The third-order valence-corrected chi connectivity index (χ3v) is 12.4. The summed E-state index contributed by atoms with van der Waals surface area (Å²) in [5, 5.41) is 10.2. The summed E-state index contributed by atoms with van der Waals surface area (Å²) >= 11 is 0. The van der Waals surface area contributed by atoms with Gasteiger partial charge in [0.1, 0.15) is 0 Å². The number of para-hydroxylation sites is 4. The second kappa shape index (κ2) is 11.5. The largest absolute Gasteiger partial charge is 0.309 e. The highest BCUT2D eigenvalue weighted by Gasteiger charge is 2.21. The van der Waals surface area contributed by atoms with Crippen LogP contribution in [0.25, 0.3) is 115 Å². The van der Waals surface area contributed by atoms with Crippen LogP contribution < -0.4 is 0 Å². The summed E-state index contributed by atoms with van der Waals surface area (Å²) in [6.07, 6.45) is 0. The van der Waals surface area contributed by atoms with Crippen molar-refractivity contribution in [3.8, 4) is 33.6 Å². The van der Waals surface area contributed by atoms with E-state index in [0.717, 1.165) is 5.69 Å². The first-order valence-electron chi connectivity index (χ1n) is 19.7. The molecule has 3 nitrogen and oxygen atoms in total. The number of hydrogen-bond donors (Lipinski definition) is 0. The molecule has 0 radical (unpaired) electrons. The van der Waals surface area contributed by atoms with E-state index < -0.39 is 0 Å². The fourth-order valence-corrected chi connectivity index (χ4v) is 9.86. The van der Waals surface area contributed by atoms with Crippen LogP contribution in [-0.4, -0.2) is 13.5 Å². The maximum absolute atomic E-state index is 2.47. The Morgan fingerprint density at radius 2 is 0.614 bits per heavy atom. The predicted octanol–water partition coefficient (Wildman–Crippen LogP) is 14.4. The summed E-state index contributed by atoms with van der Waals surface area (Å²) in [6.45, 7) is 0. The Bertz CT molecular complexity index is 3650. The molecule has 13 rings (SSSR count). The molecule has 4 heterocycles. The lowest BCUT2D eigenvalue weighted by atomic mass is 10.0. The molecular formula is C54H33N3. The van der Waals surface area contributed by atoms with Crippen LogP contribution in [0.3, 0.4) is 0 Å². The number of fused-ring (bicyclic) bond motifs is 12. The van der Waals surface area contributed by atoms with Gasteiger partial charge >= 0.3 is 0 Å². The first-order chi connectivity index (χ1) is 28.3.